The highest BCUT2D eigenvalue weighted by atomic mass is 35.5. The van der Waals surface area contributed by atoms with Crippen molar-refractivity contribution in [1.29, 1.82) is 0 Å². The van der Waals surface area contributed by atoms with Crippen LogP contribution in [0.15, 0.2) is 63.8 Å². The van der Waals surface area contributed by atoms with E-state index in [0.717, 1.165) is 5.39 Å². The molecule has 0 spiro atoms. The van der Waals surface area contributed by atoms with E-state index >= 15 is 0 Å². The zero-order chi connectivity index (χ0) is 17.1. The molecule has 1 aromatic heterocycles. The number of hydrogen-bond acceptors (Lipinski definition) is 4. The van der Waals surface area contributed by atoms with Crippen LogP contribution in [0.3, 0.4) is 0 Å². The third kappa shape index (κ3) is 3.75. The number of carbonyl (C=O) groups excluding carboxylic acids is 1. The standard InChI is InChI=1S/C18H14ClNO4/c1-11(18(22)20-14-6-4-13(19)5-7-14)23-15-8-2-12-3-9-17(21)24-16(12)10-15/h2-11H,1H3,(H,20,22)/t11-/m0/s1. The molecular formula is C18H14ClNO4. The molecule has 5 nitrogen and oxygen atoms in total. The highest BCUT2D eigenvalue weighted by Gasteiger charge is 2.15. The molecule has 3 aromatic rings. The molecule has 122 valence electrons. The van der Waals surface area contributed by atoms with Crippen LogP contribution in [-0.4, -0.2) is 12.0 Å². The number of halogens is 1. The van der Waals surface area contributed by atoms with Crippen molar-refractivity contribution in [2.75, 3.05) is 5.32 Å². The third-order valence-electron chi connectivity index (χ3n) is 3.39. The molecule has 1 heterocycles. The van der Waals surface area contributed by atoms with E-state index in [1.807, 2.05) is 0 Å². The van der Waals surface area contributed by atoms with Crippen LogP contribution in [0.25, 0.3) is 11.0 Å². The second-order valence-electron chi connectivity index (χ2n) is 5.21. The highest BCUT2D eigenvalue weighted by Crippen LogP contribution is 2.21. The number of fused-ring (bicyclic) bond motifs is 1. The van der Waals surface area contributed by atoms with Crippen molar-refractivity contribution in [3.63, 3.8) is 0 Å². The molecule has 0 aliphatic heterocycles. The normalized spacial score (nSPS) is 11.9. The van der Waals surface area contributed by atoms with Crippen LogP contribution in [0, 0.1) is 0 Å². The first-order valence-corrected chi connectivity index (χ1v) is 7.66. The molecule has 0 saturated heterocycles. The van der Waals surface area contributed by atoms with Crippen LogP contribution in [0.2, 0.25) is 5.02 Å². The van der Waals surface area contributed by atoms with Gasteiger partial charge in [-0.1, -0.05) is 11.6 Å². The van der Waals surface area contributed by atoms with Gasteiger partial charge in [0.1, 0.15) is 11.3 Å². The topological polar surface area (TPSA) is 68.5 Å². The summed E-state index contributed by atoms with van der Waals surface area (Å²) >= 11 is 5.81. The fourth-order valence-electron chi connectivity index (χ4n) is 2.15. The number of amides is 1. The quantitative estimate of drug-likeness (QED) is 0.730. The molecule has 0 aliphatic rings. The average Bonchev–Trinajstić information content (AvgIpc) is 2.56. The Morgan fingerprint density at radius 2 is 1.83 bits per heavy atom. The molecule has 0 saturated carbocycles. The second kappa shape index (κ2) is 6.76. The molecule has 0 radical (unpaired) electrons. The van der Waals surface area contributed by atoms with Crippen LogP contribution in [0.1, 0.15) is 6.92 Å². The molecule has 24 heavy (non-hydrogen) atoms. The molecular weight excluding hydrogens is 330 g/mol. The lowest BCUT2D eigenvalue weighted by molar-refractivity contribution is -0.122. The fraction of sp³-hybridized carbons (Fsp3) is 0.111. The molecule has 0 fully saturated rings. The number of nitrogens with one attached hydrogen (secondary N) is 1. The van der Waals surface area contributed by atoms with Gasteiger partial charge in [-0.15, -0.1) is 0 Å². The number of rotatable bonds is 4. The first-order valence-electron chi connectivity index (χ1n) is 7.28. The Labute approximate surface area is 142 Å². The van der Waals surface area contributed by atoms with Crippen molar-refractivity contribution in [2.45, 2.75) is 13.0 Å². The number of anilines is 1. The van der Waals surface area contributed by atoms with Gasteiger partial charge in [-0.05, 0) is 49.4 Å². The minimum atomic E-state index is -0.728. The predicted octanol–water partition coefficient (Wildman–Crippen LogP) is 3.85. The van der Waals surface area contributed by atoms with Gasteiger partial charge in [-0.3, -0.25) is 4.79 Å². The first kappa shape index (κ1) is 16.1. The summed E-state index contributed by atoms with van der Waals surface area (Å²) in [7, 11) is 0. The lowest BCUT2D eigenvalue weighted by atomic mass is 10.2. The molecule has 3 rings (SSSR count). The summed E-state index contributed by atoms with van der Waals surface area (Å²) in [5, 5.41) is 4.11. The van der Waals surface area contributed by atoms with Crippen molar-refractivity contribution < 1.29 is 13.9 Å². The third-order valence-corrected chi connectivity index (χ3v) is 3.64. The summed E-state index contributed by atoms with van der Waals surface area (Å²) < 4.78 is 10.7. The second-order valence-corrected chi connectivity index (χ2v) is 5.65. The van der Waals surface area contributed by atoms with E-state index < -0.39 is 11.7 Å². The Morgan fingerprint density at radius 1 is 1.12 bits per heavy atom. The van der Waals surface area contributed by atoms with E-state index in [2.05, 4.69) is 5.32 Å². The maximum absolute atomic E-state index is 12.2. The van der Waals surface area contributed by atoms with Crippen LogP contribution in [0.4, 0.5) is 5.69 Å². The molecule has 0 aliphatic carbocycles. The number of ether oxygens (including phenoxy) is 1. The van der Waals surface area contributed by atoms with Gasteiger partial charge in [0.25, 0.3) is 5.91 Å². The van der Waals surface area contributed by atoms with E-state index in [9.17, 15) is 9.59 Å². The lowest BCUT2D eigenvalue weighted by Gasteiger charge is -2.15. The van der Waals surface area contributed by atoms with Gasteiger partial charge >= 0.3 is 5.63 Å². The summed E-state index contributed by atoms with van der Waals surface area (Å²) in [5.74, 6) is 0.141. The van der Waals surface area contributed by atoms with Crippen molar-refractivity contribution in [2.24, 2.45) is 0 Å². The minimum Gasteiger partial charge on any atom is -0.481 e. The van der Waals surface area contributed by atoms with E-state index in [4.69, 9.17) is 20.8 Å². The molecule has 1 amide bonds. The van der Waals surface area contributed by atoms with Gasteiger partial charge in [0.15, 0.2) is 6.10 Å². The SMILES string of the molecule is C[C@H](Oc1ccc2ccc(=O)oc2c1)C(=O)Nc1ccc(Cl)cc1. The average molecular weight is 344 g/mol. The minimum absolute atomic E-state index is 0.299. The van der Waals surface area contributed by atoms with Crippen molar-refractivity contribution in [1.82, 2.24) is 0 Å². The van der Waals surface area contributed by atoms with Crippen LogP contribution in [0.5, 0.6) is 5.75 Å². The van der Waals surface area contributed by atoms with Crippen LogP contribution < -0.4 is 15.7 Å². The molecule has 0 bridgehead atoms. The van der Waals surface area contributed by atoms with Crippen molar-refractivity contribution in [3.05, 3.63) is 70.0 Å². The van der Waals surface area contributed by atoms with E-state index in [1.165, 1.54) is 6.07 Å². The summed E-state index contributed by atoms with van der Waals surface area (Å²) in [5.41, 5.74) is 0.600. The maximum atomic E-state index is 12.2. The summed E-state index contributed by atoms with van der Waals surface area (Å²) in [6, 6.07) is 14.9. The smallest absolute Gasteiger partial charge is 0.336 e. The summed E-state index contributed by atoms with van der Waals surface area (Å²) in [6.07, 6.45) is -0.728. The molecule has 6 heteroatoms. The Balaban J connectivity index is 1.71. The van der Waals surface area contributed by atoms with E-state index in [1.54, 1.807) is 55.5 Å². The maximum Gasteiger partial charge on any atom is 0.336 e. The molecule has 1 atom stereocenters. The zero-order valence-electron chi connectivity index (χ0n) is 12.8. The summed E-state index contributed by atoms with van der Waals surface area (Å²) in [4.78, 5) is 23.4. The zero-order valence-corrected chi connectivity index (χ0v) is 13.5. The monoisotopic (exact) mass is 343 g/mol. The Hall–Kier alpha value is -2.79. The van der Waals surface area contributed by atoms with Crippen LogP contribution in [-0.2, 0) is 4.79 Å². The summed E-state index contributed by atoms with van der Waals surface area (Å²) in [6.45, 7) is 1.64. The van der Waals surface area contributed by atoms with Gasteiger partial charge in [0.2, 0.25) is 0 Å². The van der Waals surface area contributed by atoms with E-state index in [-0.39, 0.29) is 5.91 Å². The number of carbonyl (C=O) groups is 1. The lowest BCUT2D eigenvalue weighted by Crippen LogP contribution is -2.30. The van der Waals surface area contributed by atoms with Gasteiger partial charge in [-0.25, -0.2) is 4.79 Å². The van der Waals surface area contributed by atoms with Gasteiger partial charge in [-0.2, -0.15) is 0 Å². The van der Waals surface area contributed by atoms with Gasteiger partial charge in [0.05, 0.1) is 0 Å². The predicted molar refractivity (Wildman–Crippen MR) is 92.7 cm³/mol. The Kier molecular flexibility index (Phi) is 4.53. The van der Waals surface area contributed by atoms with Gasteiger partial charge in [0, 0.05) is 28.2 Å². The number of hydrogen-bond donors (Lipinski definition) is 1. The fourth-order valence-corrected chi connectivity index (χ4v) is 2.28. The Bertz CT molecular complexity index is 934. The Morgan fingerprint density at radius 3 is 2.58 bits per heavy atom. The van der Waals surface area contributed by atoms with Crippen molar-refractivity contribution >= 4 is 34.2 Å². The number of benzene rings is 2. The van der Waals surface area contributed by atoms with Crippen LogP contribution >= 0.6 is 11.6 Å². The highest BCUT2D eigenvalue weighted by molar-refractivity contribution is 6.30. The van der Waals surface area contributed by atoms with Gasteiger partial charge < -0.3 is 14.5 Å². The molecule has 2 aromatic carbocycles. The largest absolute Gasteiger partial charge is 0.481 e. The van der Waals surface area contributed by atoms with Crippen molar-refractivity contribution in [3.8, 4) is 5.75 Å². The molecule has 0 unspecified atom stereocenters. The molecule has 1 N–H and O–H groups in total. The van der Waals surface area contributed by atoms with E-state index in [0.29, 0.717) is 22.0 Å². The first-order chi connectivity index (χ1) is 11.5.